The lowest BCUT2D eigenvalue weighted by Crippen LogP contribution is -1.96. The second-order valence-corrected chi connectivity index (χ2v) is 2.75. The molecule has 0 bridgehead atoms. The fourth-order valence-corrected chi connectivity index (χ4v) is 1.37. The Labute approximate surface area is 79.3 Å². The third-order valence-electron chi connectivity index (χ3n) is 1.98. The fraction of sp³-hybridized carbons (Fsp3) is 0.111. The quantitative estimate of drug-likeness (QED) is 0.751. The lowest BCUT2D eigenvalue weighted by atomic mass is 10.2. The molecule has 0 aromatic carbocycles. The zero-order chi connectivity index (χ0) is 10.1. The topological polar surface area (TPSA) is 75.2 Å². The summed E-state index contributed by atoms with van der Waals surface area (Å²) in [5, 5.41) is 9.39. The maximum absolute atomic E-state index is 10.8. The van der Waals surface area contributed by atoms with Gasteiger partial charge in [0.25, 0.3) is 0 Å². The highest BCUT2D eigenvalue weighted by molar-refractivity contribution is 6.05. The maximum atomic E-state index is 10.8. The molecule has 0 fully saturated rings. The van der Waals surface area contributed by atoms with Gasteiger partial charge in [0.2, 0.25) is 5.88 Å². The fourth-order valence-electron chi connectivity index (χ4n) is 1.37. The van der Waals surface area contributed by atoms with Crippen LogP contribution in [-0.4, -0.2) is 28.2 Å². The van der Waals surface area contributed by atoms with E-state index in [1.165, 1.54) is 13.3 Å². The molecule has 2 rings (SSSR count). The summed E-state index contributed by atoms with van der Waals surface area (Å²) in [7, 11) is 1.46. The van der Waals surface area contributed by atoms with Crippen LogP contribution in [0.2, 0.25) is 0 Å². The average Bonchev–Trinajstić information content (AvgIpc) is 2.60. The van der Waals surface area contributed by atoms with Crippen molar-refractivity contribution in [2.75, 3.05) is 7.11 Å². The minimum absolute atomic E-state index is 0.171. The van der Waals surface area contributed by atoms with E-state index in [0.29, 0.717) is 16.8 Å². The number of hydrogen-bond donors (Lipinski definition) is 2. The molecule has 0 saturated carbocycles. The Morgan fingerprint density at radius 2 is 2.43 bits per heavy atom. The van der Waals surface area contributed by atoms with Crippen molar-refractivity contribution in [1.29, 1.82) is 0 Å². The molecule has 2 aromatic rings. The van der Waals surface area contributed by atoms with Gasteiger partial charge in [-0.3, -0.25) is 0 Å². The predicted molar refractivity (Wildman–Crippen MR) is 49.6 cm³/mol. The van der Waals surface area contributed by atoms with E-state index in [0.717, 1.165) is 0 Å². The molecule has 0 aliphatic heterocycles. The smallest absolute Gasteiger partial charge is 0.338 e. The number of carbonyl (C=O) groups is 1. The first-order valence-electron chi connectivity index (χ1n) is 3.97. The van der Waals surface area contributed by atoms with E-state index in [9.17, 15) is 4.79 Å². The van der Waals surface area contributed by atoms with Crippen molar-refractivity contribution in [3.05, 3.63) is 24.0 Å². The van der Waals surface area contributed by atoms with Gasteiger partial charge in [-0.05, 0) is 6.07 Å². The Morgan fingerprint density at radius 3 is 3.07 bits per heavy atom. The number of nitrogens with zero attached hydrogens (tertiary/aromatic N) is 1. The van der Waals surface area contributed by atoms with Gasteiger partial charge >= 0.3 is 5.97 Å². The third-order valence-corrected chi connectivity index (χ3v) is 1.98. The van der Waals surface area contributed by atoms with Gasteiger partial charge in [-0.1, -0.05) is 0 Å². The van der Waals surface area contributed by atoms with E-state index in [-0.39, 0.29) is 5.56 Å². The summed E-state index contributed by atoms with van der Waals surface area (Å²) in [4.78, 5) is 17.6. The molecule has 14 heavy (non-hydrogen) atoms. The zero-order valence-corrected chi connectivity index (χ0v) is 7.44. The molecular formula is C9H8N2O3. The second kappa shape index (κ2) is 3.02. The Bertz CT molecular complexity index is 490. The van der Waals surface area contributed by atoms with Gasteiger partial charge in [0, 0.05) is 12.4 Å². The molecule has 0 spiro atoms. The highest BCUT2D eigenvalue weighted by atomic mass is 16.5. The lowest BCUT2D eigenvalue weighted by molar-refractivity contribution is 0.0699. The lowest BCUT2D eigenvalue weighted by Gasteiger charge is -2.00. The summed E-state index contributed by atoms with van der Waals surface area (Å²) >= 11 is 0. The van der Waals surface area contributed by atoms with Crippen LogP contribution in [0.5, 0.6) is 5.88 Å². The number of aromatic carboxylic acids is 1. The molecule has 0 unspecified atom stereocenters. The minimum Gasteiger partial charge on any atom is -0.480 e. The van der Waals surface area contributed by atoms with Gasteiger partial charge in [-0.2, -0.15) is 0 Å². The average molecular weight is 192 g/mol. The minimum atomic E-state index is -0.998. The molecule has 72 valence electrons. The number of nitrogens with one attached hydrogen (secondary N) is 1. The molecule has 0 aliphatic rings. The van der Waals surface area contributed by atoms with Crippen LogP contribution in [-0.2, 0) is 0 Å². The monoisotopic (exact) mass is 192 g/mol. The van der Waals surface area contributed by atoms with E-state index >= 15 is 0 Å². The van der Waals surface area contributed by atoms with Crippen molar-refractivity contribution in [1.82, 2.24) is 9.97 Å². The molecule has 0 aliphatic carbocycles. The van der Waals surface area contributed by atoms with E-state index in [2.05, 4.69) is 9.97 Å². The van der Waals surface area contributed by atoms with Crippen LogP contribution in [0.25, 0.3) is 10.9 Å². The summed E-state index contributed by atoms with van der Waals surface area (Å²) in [5.74, 6) is -0.677. The molecule has 0 atom stereocenters. The number of hydrogen-bond acceptors (Lipinski definition) is 3. The van der Waals surface area contributed by atoms with Gasteiger partial charge in [0.05, 0.1) is 23.6 Å². The number of fused-ring (bicyclic) bond motifs is 1. The molecule has 5 nitrogen and oxygen atoms in total. The van der Waals surface area contributed by atoms with Crippen molar-refractivity contribution in [3.8, 4) is 5.88 Å². The normalized spacial score (nSPS) is 10.4. The van der Waals surface area contributed by atoms with E-state index in [1.54, 1.807) is 12.3 Å². The molecule has 5 heteroatoms. The summed E-state index contributed by atoms with van der Waals surface area (Å²) in [6.45, 7) is 0. The Morgan fingerprint density at radius 1 is 1.64 bits per heavy atom. The van der Waals surface area contributed by atoms with Gasteiger partial charge < -0.3 is 14.8 Å². The van der Waals surface area contributed by atoms with Crippen LogP contribution in [0.3, 0.4) is 0 Å². The summed E-state index contributed by atoms with van der Waals surface area (Å²) in [6.07, 6.45) is 2.99. The van der Waals surface area contributed by atoms with Gasteiger partial charge in [-0.15, -0.1) is 0 Å². The van der Waals surface area contributed by atoms with Gasteiger partial charge in [0.1, 0.15) is 0 Å². The Balaban J connectivity index is 2.81. The maximum Gasteiger partial charge on any atom is 0.338 e. The van der Waals surface area contributed by atoms with Crippen LogP contribution < -0.4 is 4.74 Å². The molecule has 2 N–H and O–H groups in total. The Hall–Kier alpha value is -2.04. The summed E-state index contributed by atoms with van der Waals surface area (Å²) in [6, 6.07) is 1.70. The SMILES string of the molecule is COc1nccc2[nH]cc(C(=O)O)c12. The van der Waals surface area contributed by atoms with Crippen LogP contribution in [0, 0.1) is 0 Å². The van der Waals surface area contributed by atoms with Gasteiger partial charge in [0.15, 0.2) is 0 Å². The van der Waals surface area contributed by atoms with E-state index < -0.39 is 5.97 Å². The number of aromatic amines is 1. The highest BCUT2D eigenvalue weighted by Gasteiger charge is 2.14. The Kier molecular flexibility index (Phi) is 1.85. The first-order chi connectivity index (χ1) is 6.74. The molecule has 0 amide bonds. The number of rotatable bonds is 2. The summed E-state index contributed by atoms with van der Waals surface area (Å²) in [5.41, 5.74) is 0.874. The molecule has 2 heterocycles. The predicted octanol–water partition coefficient (Wildman–Crippen LogP) is 1.27. The standard InChI is InChI=1S/C9H8N2O3/c1-14-8-7-5(9(12)13)4-11-6(7)2-3-10-8/h2-4,11H,1H3,(H,12,13). The second-order valence-electron chi connectivity index (χ2n) is 2.75. The number of pyridine rings is 1. The number of H-pyrrole nitrogens is 1. The first-order valence-corrected chi connectivity index (χ1v) is 3.97. The number of methoxy groups -OCH3 is 1. The molecule has 2 aromatic heterocycles. The summed E-state index contributed by atoms with van der Waals surface area (Å²) < 4.78 is 4.98. The number of carboxylic acids is 1. The highest BCUT2D eigenvalue weighted by Crippen LogP contribution is 2.25. The first kappa shape index (κ1) is 8.55. The van der Waals surface area contributed by atoms with E-state index in [1.807, 2.05) is 0 Å². The number of ether oxygens (including phenoxy) is 1. The largest absolute Gasteiger partial charge is 0.480 e. The van der Waals surface area contributed by atoms with Crippen molar-refractivity contribution < 1.29 is 14.6 Å². The van der Waals surface area contributed by atoms with Crippen LogP contribution >= 0.6 is 0 Å². The van der Waals surface area contributed by atoms with Gasteiger partial charge in [-0.25, -0.2) is 9.78 Å². The van der Waals surface area contributed by atoms with Crippen molar-refractivity contribution >= 4 is 16.9 Å². The molecule has 0 radical (unpaired) electrons. The van der Waals surface area contributed by atoms with Crippen LogP contribution in [0.1, 0.15) is 10.4 Å². The van der Waals surface area contributed by atoms with E-state index in [4.69, 9.17) is 9.84 Å². The molecular weight excluding hydrogens is 184 g/mol. The van der Waals surface area contributed by atoms with Crippen LogP contribution in [0.4, 0.5) is 0 Å². The van der Waals surface area contributed by atoms with Crippen molar-refractivity contribution in [2.24, 2.45) is 0 Å². The number of aromatic nitrogens is 2. The molecule has 0 saturated heterocycles. The van der Waals surface area contributed by atoms with Crippen LogP contribution in [0.15, 0.2) is 18.5 Å². The van der Waals surface area contributed by atoms with Crippen molar-refractivity contribution in [2.45, 2.75) is 0 Å². The van der Waals surface area contributed by atoms with Crippen molar-refractivity contribution in [3.63, 3.8) is 0 Å². The third kappa shape index (κ3) is 1.10. The zero-order valence-electron chi connectivity index (χ0n) is 7.44. The number of carboxylic acid groups (broad SMARTS) is 1.